The van der Waals surface area contributed by atoms with Crippen LogP contribution in [0.25, 0.3) is 0 Å². The van der Waals surface area contributed by atoms with Crippen LogP contribution in [0.1, 0.15) is 23.0 Å². The molecule has 3 rings (SSSR count). The number of likely N-dealkylation sites (N-methyl/N-ethyl adjacent to an activating group) is 1. The summed E-state index contributed by atoms with van der Waals surface area (Å²) in [5, 5.41) is 7.70. The van der Waals surface area contributed by atoms with Crippen molar-refractivity contribution in [3.63, 3.8) is 0 Å². The van der Waals surface area contributed by atoms with Crippen molar-refractivity contribution in [2.24, 2.45) is 0 Å². The predicted molar refractivity (Wildman–Crippen MR) is 112 cm³/mol. The minimum absolute atomic E-state index is 0.00121. The Hall–Kier alpha value is -2.71. The second-order valence-corrected chi connectivity index (χ2v) is 6.94. The van der Waals surface area contributed by atoms with Crippen molar-refractivity contribution < 1.29 is 4.74 Å². The van der Waals surface area contributed by atoms with E-state index in [1.54, 1.807) is 30.4 Å². The molecule has 8 heteroatoms. The van der Waals surface area contributed by atoms with Crippen LogP contribution in [0.2, 0.25) is 0 Å². The Labute approximate surface area is 169 Å². The van der Waals surface area contributed by atoms with Gasteiger partial charge in [-0.25, -0.2) is 9.97 Å². The predicted octanol–water partition coefficient (Wildman–Crippen LogP) is 3.25. The molecule has 1 atom stereocenters. The zero-order chi connectivity index (χ0) is 19.8. The highest BCUT2D eigenvalue weighted by Crippen LogP contribution is 2.23. The van der Waals surface area contributed by atoms with Crippen LogP contribution in [0.5, 0.6) is 6.01 Å². The van der Waals surface area contributed by atoms with E-state index in [4.69, 9.17) is 4.74 Å². The van der Waals surface area contributed by atoms with E-state index in [0.29, 0.717) is 19.2 Å². The van der Waals surface area contributed by atoms with Gasteiger partial charge in [0.25, 0.3) is 0 Å². The Kier molecular flexibility index (Phi) is 7.16. The number of thioether (sulfide) groups is 1. The molecule has 0 spiro atoms. The number of anilines is 1. The van der Waals surface area contributed by atoms with E-state index in [1.807, 2.05) is 50.6 Å². The van der Waals surface area contributed by atoms with Gasteiger partial charge in [0.05, 0.1) is 17.4 Å². The molecule has 1 unspecified atom stereocenters. The molecule has 0 aliphatic carbocycles. The molecule has 3 aromatic rings. The smallest absolute Gasteiger partial charge is 0.316 e. The molecule has 0 aliphatic rings. The fraction of sp³-hybridized carbons (Fsp3) is 0.300. The molecular formula is C20H24N6OS. The zero-order valence-electron chi connectivity index (χ0n) is 16.2. The number of hydrogen-bond acceptors (Lipinski definition) is 8. The summed E-state index contributed by atoms with van der Waals surface area (Å²) < 4.78 is 5.74. The summed E-state index contributed by atoms with van der Waals surface area (Å²) in [7, 11) is 1.91. The van der Waals surface area contributed by atoms with Gasteiger partial charge in [0.15, 0.2) is 0 Å². The highest BCUT2D eigenvalue weighted by molar-refractivity contribution is 7.98. The second kappa shape index (κ2) is 10.0. The number of hydrogen-bond donors (Lipinski definition) is 2. The number of rotatable bonds is 9. The first-order chi connectivity index (χ1) is 13.7. The highest BCUT2D eigenvalue weighted by Gasteiger charge is 2.13. The number of aromatic nitrogens is 4. The van der Waals surface area contributed by atoms with E-state index < -0.39 is 0 Å². The van der Waals surface area contributed by atoms with Crippen LogP contribution >= 0.6 is 11.8 Å². The van der Waals surface area contributed by atoms with Crippen LogP contribution in [0, 0.1) is 6.92 Å². The van der Waals surface area contributed by atoms with Gasteiger partial charge in [0.2, 0.25) is 0 Å². The second-order valence-electron chi connectivity index (χ2n) is 6.14. The van der Waals surface area contributed by atoms with Gasteiger partial charge in [-0.05, 0) is 44.5 Å². The number of ether oxygens (including phenoxy) is 1. The summed E-state index contributed by atoms with van der Waals surface area (Å²) in [6, 6.07) is 10.1. The molecule has 7 nitrogen and oxygen atoms in total. The van der Waals surface area contributed by atoms with Gasteiger partial charge in [0, 0.05) is 36.4 Å². The van der Waals surface area contributed by atoms with Crippen LogP contribution in [-0.4, -0.2) is 39.8 Å². The minimum atomic E-state index is 0.00121. The Morgan fingerprint density at radius 2 is 2.00 bits per heavy atom. The van der Waals surface area contributed by atoms with Gasteiger partial charge < -0.3 is 15.4 Å². The lowest BCUT2D eigenvalue weighted by atomic mass is 10.2. The summed E-state index contributed by atoms with van der Waals surface area (Å²) in [6.07, 6.45) is 7.33. The van der Waals surface area contributed by atoms with Gasteiger partial charge in [0.1, 0.15) is 11.6 Å². The van der Waals surface area contributed by atoms with Gasteiger partial charge in [-0.2, -0.15) is 4.98 Å². The molecular weight excluding hydrogens is 372 g/mol. The Morgan fingerprint density at radius 3 is 2.75 bits per heavy atom. The summed E-state index contributed by atoms with van der Waals surface area (Å²) in [5.74, 6) is 0. The van der Waals surface area contributed by atoms with E-state index >= 15 is 0 Å². The van der Waals surface area contributed by atoms with Gasteiger partial charge >= 0.3 is 6.01 Å². The number of nitrogens with one attached hydrogen (secondary N) is 2. The lowest BCUT2D eigenvalue weighted by Gasteiger charge is -2.18. The Morgan fingerprint density at radius 1 is 1.11 bits per heavy atom. The van der Waals surface area contributed by atoms with E-state index in [9.17, 15) is 0 Å². The average molecular weight is 397 g/mol. The van der Waals surface area contributed by atoms with Crippen LogP contribution in [-0.2, 0) is 6.61 Å². The fourth-order valence-electron chi connectivity index (χ4n) is 2.60. The van der Waals surface area contributed by atoms with Gasteiger partial charge in [-0.3, -0.25) is 4.98 Å². The average Bonchev–Trinajstić information content (AvgIpc) is 2.74. The Bertz CT molecular complexity index is 890. The lowest BCUT2D eigenvalue weighted by Crippen LogP contribution is -2.26. The van der Waals surface area contributed by atoms with Crippen LogP contribution < -0.4 is 15.4 Å². The first kappa shape index (κ1) is 20.0. The summed E-state index contributed by atoms with van der Waals surface area (Å²) >= 11 is 1.61. The number of nitrogens with zero attached hydrogens (tertiary/aromatic N) is 4. The largest absolute Gasteiger partial charge is 0.459 e. The van der Waals surface area contributed by atoms with E-state index in [0.717, 1.165) is 27.7 Å². The normalized spacial score (nSPS) is 11.8. The summed E-state index contributed by atoms with van der Waals surface area (Å²) in [6.45, 7) is 3.00. The lowest BCUT2D eigenvalue weighted by molar-refractivity contribution is 0.278. The van der Waals surface area contributed by atoms with E-state index in [2.05, 4.69) is 30.6 Å². The first-order valence-corrected chi connectivity index (χ1v) is 10.2. The van der Waals surface area contributed by atoms with E-state index in [1.165, 1.54) is 0 Å². The fourth-order valence-corrected chi connectivity index (χ4v) is 3.13. The monoisotopic (exact) mass is 396 g/mol. The molecule has 0 amide bonds. The van der Waals surface area contributed by atoms with Gasteiger partial charge in [-0.15, -0.1) is 11.8 Å². The molecule has 28 heavy (non-hydrogen) atoms. The first-order valence-electron chi connectivity index (χ1n) is 8.97. The standard InChI is InChI=1S/C20H24N6OS/c1-14-6-7-15(11-24-14)13-27-20-23-10-8-16(26-20)18(21-2)12-25-17-5-4-9-22-19(17)28-3/h4-11,18,21,25H,12-13H2,1-3H3. The van der Waals surface area contributed by atoms with Crippen molar-refractivity contribution in [2.45, 2.75) is 24.6 Å². The molecule has 0 radical (unpaired) electrons. The third-order valence-electron chi connectivity index (χ3n) is 4.16. The third-order valence-corrected chi connectivity index (χ3v) is 4.87. The molecule has 146 valence electrons. The van der Waals surface area contributed by atoms with Gasteiger partial charge in [-0.1, -0.05) is 6.07 Å². The molecule has 2 N–H and O–H groups in total. The molecule has 0 aliphatic heterocycles. The maximum atomic E-state index is 5.74. The van der Waals surface area contributed by atoms with Crippen molar-refractivity contribution in [1.29, 1.82) is 0 Å². The molecule has 0 aromatic carbocycles. The SMILES string of the molecule is CNC(CNc1cccnc1SC)c1ccnc(OCc2ccc(C)nc2)n1. The maximum Gasteiger partial charge on any atom is 0.316 e. The van der Waals surface area contributed by atoms with E-state index in [-0.39, 0.29) is 6.04 Å². The van der Waals surface area contributed by atoms with Crippen LogP contribution in [0.15, 0.2) is 53.9 Å². The molecule has 0 saturated heterocycles. The summed E-state index contributed by atoms with van der Waals surface area (Å²) in [4.78, 5) is 17.4. The van der Waals surface area contributed by atoms with Crippen molar-refractivity contribution in [3.05, 3.63) is 65.9 Å². The molecule has 3 aromatic heterocycles. The molecule has 0 fully saturated rings. The minimum Gasteiger partial charge on any atom is -0.459 e. The number of aryl methyl sites for hydroxylation is 1. The topological polar surface area (TPSA) is 84.9 Å². The van der Waals surface area contributed by atoms with Crippen molar-refractivity contribution >= 4 is 17.4 Å². The van der Waals surface area contributed by atoms with Crippen molar-refractivity contribution in [1.82, 2.24) is 25.3 Å². The molecule has 0 saturated carbocycles. The van der Waals surface area contributed by atoms with Crippen LogP contribution in [0.4, 0.5) is 5.69 Å². The quantitative estimate of drug-likeness (QED) is 0.533. The number of pyridine rings is 2. The third kappa shape index (κ3) is 5.40. The van der Waals surface area contributed by atoms with Crippen LogP contribution in [0.3, 0.4) is 0 Å². The molecule has 0 bridgehead atoms. The van der Waals surface area contributed by atoms with Crippen molar-refractivity contribution in [3.8, 4) is 6.01 Å². The summed E-state index contributed by atoms with van der Waals surface area (Å²) in [5.41, 5.74) is 3.82. The highest BCUT2D eigenvalue weighted by atomic mass is 32.2. The maximum absolute atomic E-state index is 5.74. The Balaban J connectivity index is 1.64. The van der Waals surface area contributed by atoms with Crippen molar-refractivity contribution in [2.75, 3.05) is 25.2 Å². The zero-order valence-corrected chi connectivity index (χ0v) is 17.0. The molecule has 3 heterocycles.